The first-order valence-corrected chi connectivity index (χ1v) is 5.69. The van der Waals surface area contributed by atoms with Crippen molar-refractivity contribution in [3.8, 4) is 11.6 Å². The second kappa shape index (κ2) is 5.12. The third-order valence-electron chi connectivity index (χ3n) is 2.04. The van der Waals surface area contributed by atoms with Crippen molar-refractivity contribution in [3.05, 3.63) is 46.3 Å². The molecule has 100 valence electrons. The van der Waals surface area contributed by atoms with Crippen LogP contribution in [0.15, 0.2) is 34.8 Å². The van der Waals surface area contributed by atoms with E-state index in [0.29, 0.717) is 4.47 Å². The first-order chi connectivity index (χ1) is 8.86. The second-order valence-corrected chi connectivity index (χ2v) is 4.29. The van der Waals surface area contributed by atoms with Crippen LogP contribution in [0, 0.1) is 5.82 Å². The molecule has 0 aliphatic rings. The summed E-state index contributed by atoms with van der Waals surface area (Å²) in [6.07, 6.45) is -4.56. The molecule has 0 atom stereocenters. The Balaban J connectivity index is 2.22. The standard InChI is InChI=1S/C11H5BrF4N2O/c12-7-2-1-6(13)5-8(7)19-10-4-3-9(17-18-10)11(14,15)16/h1-5H. The predicted molar refractivity (Wildman–Crippen MR) is 61.2 cm³/mol. The lowest BCUT2D eigenvalue weighted by molar-refractivity contribution is -0.141. The Labute approximate surface area is 113 Å². The molecule has 0 saturated carbocycles. The number of benzene rings is 1. The van der Waals surface area contributed by atoms with Gasteiger partial charge in [-0.2, -0.15) is 13.2 Å². The van der Waals surface area contributed by atoms with E-state index < -0.39 is 17.7 Å². The van der Waals surface area contributed by atoms with Gasteiger partial charge in [0.15, 0.2) is 5.69 Å². The Morgan fingerprint density at radius 3 is 2.37 bits per heavy atom. The zero-order valence-corrected chi connectivity index (χ0v) is 10.7. The molecule has 0 N–H and O–H groups in total. The van der Waals surface area contributed by atoms with Crippen molar-refractivity contribution in [2.45, 2.75) is 6.18 Å². The van der Waals surface area contributed by atoms with E-state index in [4.69, 9.17) is 4.74 Å². The highest BCUT2D eigenvalue weighted by Crippen LogP contribution is 2.31. The van der Waals surface area contributed by atoms with E-state index in [0.717, 1.165) is 18.2 Å². The van der Waals surface area contributed by atoms with Gasteiger partial charge in [-0.3, -0.25) is 0 Å². The zero-order chi connectivity index (χ0) is 14.0. The molecule has 1 heterocycles. The van der Waals surface area contributed by atoms with E-state index in [1.54, 1.807) is 0 Å². The van der Waals surface area contributed by atoms with Crippen molar-refractivity contribution in [3.63, 3.8) is 0 Å². The highest BCUT2D eigenvalue weighted by Gasteiger charge is 2.33. The lowest BCUT2D eigenvalue weighted by Crippen LogP contribution is -2.08. The van der Waals surface area contributed by atoms with Gasteiger partial charge in [0.1, 0.15) is 11.6 Å². The Morgan fingerprint density at radius 1 is 1.05 bits per heavy atom. The summed E-state index contributed by atoms with van der Waals surface area (Å²) in [5, 5.41) is 6.26. The summed E-state index contributed by atoms with van der Waals surface area (Å²) < 4.78 is 55.3. The first kappa shape index (κ1) is 13.7. The minimum Gasteiger partial charge on any atom is -0.436 e. The zero-order valence-electron chi connectivity index (χ0n) is 9.08. The van der Waals surface area contributed by atoms with Gasteiger partial charge in [-0.1, -0.05) is 0 Å². The fraction of sp³-hybridized carbons (Fsp3) is 0.0909. The first-order valence-electron chi connectivity index (χ1n) is 4.90. The average molecular weight is 337 g/mol. The number of aromatic nitrogens is 2. The molecule has 0 aliphatic heterocycles. The number of halogens is 5. The molecule has 0 amide bonds. The fourth-order valence-corrected chi connectivity index (χ4v) is 1.52. The molecule has 3 nitrogen and oxygen atoms in total. The van der Waals surface area contributed by atoms with Gasteiger partial charge in [-0.25, -0.2) is 4.39 Å². The van der Waals surface area contributed by atoms with Crippen molar-refractivity contribution in [1.29, 1.82) is 0 Å². The third kappa shape index (κ3) is 3.40. The quantitative estimate of drug-likeness (QED) is 0.771. The molecule has 0 fully saturated rings. The summed E-state index contributed by atoms with van der Waals surface area (Å²) >= 11 is 3.11. The van der Waals surface area contributed by atoms with E-state index >= 15 is 0 Å². The van der Waals surface area contributed by atoms with Crippen LogP contribution in [0.2, 0.25) is 0 Å². The van der Waals surface area contributed by atoms with Gasteiger partial charge in [0, 0.05) is 12.1 Å². The van der Waals surface area contributed by atoms with Crippen LogP contribution in [-0.2, 0) is 6.18 Å². The Hall–Kier alpha value is -1.70. The van der Waals surface area contributed by atoms with Crippen LogP contribution < -0.4 is 4.74 Å². The number of alkyl halides is 3. The van der Waals surface area contributed by atoms with E-state index in [9.17, 15) is 17.6 Å². The third-order valence-corrected chi connectivity index (χ3v) is 2.69. The smallest absolute Gasteiger partial charge is 0.435 e. The van der Waals surface area contributed by atoms with Gasteiger partial charge in [0.05, 0.1) is 4.47 Å². The normalized spacial score (nSPS) is 11.4. The molecule has 19 heavy (non-hydrogen) atoms. The highest BCUT2D eigenvalue weighted by atomic mass is 79.9. The summed E-state index contributed by atoms with van der Waals surface area (Å²) in [4.78, 5) is 0. The highest BCUT2D eigenvalue weighted by molar-refractivity contribution is 9.10. The molecule has 2 aromatic rings. The topological polar surface area (TPSA) is 35.0 Å². The molecule has 0 bridgehead atoms. The van der Waals surface area contributed by atoms with Crippen LogP contribution in [-0.4, -0.2) is 10.2 Å². The van der Waals surface area contributed by atoms with Crippen LogP contribution in [0.1, 0.15) is 5.69 Å². The molecular weight excluding hydrogens is 332 g/mol. The molecule has 1 aromatic carbocycles. The largest absolute Gasteiger partial charge is 0.436 e. The Bertz CT molecular complexity index is 586. The van der Waals surface area contributed by atoms with Gasteiger partial charge < -0.3 is 4.74 Å². The number of ether oxygens (including phenoxy) is 1. The SMILES string of the molecule is Fc1ccc(Br)c(Oc2ccc(C(F)(F)F)nn2)c1. The summed E-state index contributed by atoms with van der Waals surface area (Å²) in [5.41, 5.74) is -1.13. The van der Waals surface area contributed by atoms with Crippen LogP contribution in [0.25, 0.3) is 0 Å². The van der Waals surface area contributed by atoms with E-state index in [1.807, 2.05) is 0 Å². The number of rotatable bonds is 2. The number of nitrogens with zero attached hydrogens (tertiary/aromatic N) is 2. The molecule has 8 heteroatoms. The summed E-state index contributed by atoms with van der Waals surface area (Å²) in [7, 11) is 0. The number of hydrogen-bond acceptors (Lipinski definition) is 3. The summed E-state index contributed by atoms with van der Waals surface area (Å²) in [5.74, 6) is -0.619. The minimum absolute atomic E-state index is 0.0917. The van der Waals surface area contributed by atoms with Gasteiger partial charge in [-0.05, 0) is 34.1 Å². The summed E-state index contributed by atoms with van der Waals surface area (Å²) in [6.45, 7) is 0. The van der Waals surface area contributed by atoms with Gasteiger partial charge in [-0.15, -0.1) is 10.2 Å². The second-order valence-electron chi connectivity index (χ2n) is 3.43. The predicted octanol–water partition coefficient (Wildman–Crippen LogP) is 4.19. The fourth-order valence-electron chi connectivity index (χ4n) is 1.19. The lowest BCUT2D eigenvalue weighted by Gasteiger charge is -2.08. The molecule has 0 radical (unpaired) electrons. The maximum Gasteiger partial charge on any atom is 0.435 e. The monoisotopic (exact) mass is 336 g/mol. The average Bonchev–Trinajstić information content (AvgIpc) is 2.33. The van der Waals surface area contributed by atoms with Crippen LogP contribution in [0.4, 0.5) is 17.6 Å². The van der Waals surface area contributed by atoms with Gasteiger partial charge >= 0.3 is 6.18 Å². The maximum atomic E-state index is 13.0. The van der Waals surface area contributed by atoms with Gasteiger partial charge in [0.25, 0.3) is 0 Å². The van der Waals surface area contributed by atoms with Crippen molar-refractivity contribution < 1.29 is 22.3 Å². The molecule has 0 saturated heterocycles. The molecule has 0 aliphatic carbocycles. The van der Waals surface area contributed by atoms with Crippen molar-refractivity contribution in [2.24, 2.45) is 0 Å². The Morgan fingerprint density at radius 2 is 1.79 bits per heavy atom. The lowest BCUT2D eigenvalue weighted by atomic mass is 10.3. The van der Waals surface area contributed by atoms with Gasteiger partial charge in [0.2, 0.25) is 5.88 Å². The maximum absolute atomic E-state index is 13.0. The van der Waals surface area contributed by atoms with E-state index in [2.05, 4.69) is 26.1 Å². The number of hydrogen-bond donors (Lipinski definition) is 0. The van der Waals surface area contributed by atoms with E-state index in [1.165, 1.54) is 12.1 Å². The molecule has 0 spiro atoms. The van der Waals surface area contributed by atoms with Crippen molar-refractivity contribution in [1.82, 2.24) is 10.2 Å². The minimum atomic E-state index is -4.56. The van der Waals surface area contributed by atoms with E-state index in [-0.39, 0.29) is 11.6 Å². The molecule has 0 unspecified atom stereocenters. The Kier molecular flexibility index (Phi) is 3.70. The van der Waals surface area contributed by atoms with Crippen LogP contribution >= 0.6 is 15.9 Å². The van der Waals surface area contributed by atoms with Crippen LogP contribution in [0.5, 0.6) is 11.6 Å². The van der Waals surface area contributed by atoms with Crippen LogP contribution in [0.3, 0.4) is 0 Å². The van der Waals surface area contributed by atoms with Crippen molar-refractivity contribution >= 4 is 15.9 Å². The molecule has 1 aromatic heterocycles. The van der Waals surface area contributed by atoms with Crippen molar-refractivity contribution in [2.75, 3.05) is 0 Å². The molecule has 2 rings (SSSR count). The molecular formula is C11H5BrF4N2O. The summed E-state index contributed by atoms with van der Waals surface area (Å²) in [6, 6.07) is 5.42.